The predicted molar refractivity (Wildman–Crippen MR) is 89.8 cm³/mol. The van der Waals surface area contributed by atoms with Crippen molar-refractivity contribution in [3.63, 3.8) is 0 Å². The molecule has 22 heavy (non-hydrogen) atoms. The highest BCUT2D eigenvalue weighted by Gasteiger charge is 2.39. The molecular formula is C20H28O2. The summed E-state index contributed by atoms with van der Waals surface area (Å²) in [7, 11) is 0. The molecule has 0 atom stereocenters. The van der Waals surface area contributed by atoms with Crippen LogP contribution in [0.5, 0.6) is 5.75 Å². The van der Waals surface area contributed by atoms with E-state index in [1.165, 1.54) is 37.7 Å². The van der Waals surface area contributed by atoms with Gasteiger partial charge in [0, 0.05) is 12.0 Å². The fraction of sp³-hybridized carbons (Fsp3) is 0.650. The van der Waals surface area contributed by atoms with Crippen molar-refractivity contribution in [3.8, 4) is 5.75 Å². The summed E-state index contributed by atoms with van der Waals surface area (Å²) >= 11 is 0. The van der Waals surface area contributed by atoms with E-state index in [4.69, 9.17) is 4.74 Å². The summed E-state index contributed by atoms with van der Waals surface area (Å²) in [6.45, 7) is 5.00. The number of hydrogen-bond acceptors (Lipinski definition) is 2. The van der Waals surface area contributed by atoms with E-state index in [2.05, 4.69) is 26.0 Å². The third-order valence-corrected chi connectivity index (χ3v) is 5.47. The molecule has 2 aliphatic carbocycles. The number of carbonyl (C=O) groups excluding carboxylic acids is 1. The molecule has 1 aromatic rings. The Morgan fingerprint density at radius 1 is 1.14 bits per heavy atom. The lowest BCUT2D eigenvalue weighted by Crippen LogP contribution is -2.34. The van der Waals surface area contributed by atoms with Gasteiger partial charge in [0.05, 0.1) is 6.61 Å². The first kappa shape index (κ1) is 15.6. The van der Waals surface area contributed by atoms with E-state index >= 15 is 0 Å². The minimum atomic E-state index is 0.248. The number of benzene rings is 1. The SMILES string of the molecule is CCCCOc1cc2c(cc1C)C(=O)CC1(CCCCC1)C2. The van der Waals surface area contributed by atoms with Gasteiger partial charge in [0.25, 0.3) is 0 Å². The van der Waals surface area contributed by atoms with Crippen molar-refractivity contribution in [2.45, 2.75) is 71.6 Å². The normalized spacial score (nSPS) is 20.0. The molecule has 0 aromatic heterocycles. The van der Waals surface area contributed by atoms with Crippen LogP contribution in [0.4, 0.5) is 0 Å². The van der Waals surface area contributed by atoms with Crippen LogP contribution in [0.15, 0.2) is 12.1 Å². The summed E-state index contributed by atoms with van der Waals surface area (Å²) < 4.78 is 5.94. The molecule has 120 valence electrons. The number of carbonyl (C=O) groups is 1. The van der Waals surface area contributed by atoms with Gasteiger partial charge in [-0.25, -0.2) is 0 Å². The minimum absolute atomic E-state index is 0.248. The Morgan fingerprint density at radius 3 is 2.64 bits per heavy atom. The van der Waals surface area contributed by atoms with Crippen LogP contribution in [0.3, 0.4) is 0 Å². The lowest BCUT2D eigenvalue weighted by molar-refractivity contribution is 0.0821. The molecule has 0 unspecified atom stereocenters. The third-order valence-electron chi connectivity index (χ3n) is 5.47. The molecule has 3 rings (SSSR count). The van der Waals surface area contributed by atoms with E-state index in [9.17, 15) is 4.79 Å². The Labute approximate surface area is 134 Å². The Bertz CT molecular complexity index is 553. The first-order chi connectivity index (χ1) is 10.6. The highest BCUT2D eigenvalue weighted by Crippen LogP contribution is 2.47. The maximum Gasteiger partial charge on any atom is 0.163 e. The van der Waals surface area contributed by atoms with Crippen LogP contribution in [0.25, 0.3) is 0 Å². The fourth-order valence-corrected chi connectivity index (χ4v) is 4.18. The number of hydrogen-bond donors (Lipinski definition) is 0. The van der Waals surface area contributed by atoms with E-state index in [1.54, 1.807) is 0 Å². The number of ether oxygens (including phenoxy) is 1. The van der Waals surface area contributed by atoms with E-state index in [0.717, 1.165) is 49.2 Å². The van der Waals surface area contributed by atoms with Crippen LogP contribution in [-0.4, -0.2) is 12.4 Å². The first-order valence-electron chi connectivity index (χ1n) is 8.93. The van der Waals surface area contributed by atoms with E-state index in [0.29, 0.717) is 5.78 Å². The van der Waals surface area contributed by atoms with Crippen LogP contribution in [-0.2, 0) is 6.42 Å². The molecule has 0 saturated heterocycles. The quantitative estimate of drug-likeness (QED) is 0.710. The van der Waals surface area contributed by atoms with Gasteiger partial charge in [0.2, 0.25) is 0 Å². The van der Waals surface area contributed by atoms with Gasteiger partial charge in [-0.05, 0) is 61.3 Å². The smallest absolute Gasteiger partial charge is 0.163 e. The second kappa shape index (κ2) is 6.44. The molecule has 2 heteroatoms. The van der Waals surface area contributed by atoms with Crippen LogP contribution in [0.2, 0.25) is 0 Å². The molecule has 1 saturated carbocycles. The van der Waals surface area contributed by atoms with Crippen LogP contribution >= 0.6 is 0 Å². The number of Topliss-reactive ketones (excluding diaryl/α,β-unsaturated/α-hetero) is 1. The van der Waals surface area contributed by atoms with E-state index in [1.807, 2.05) is 0 Å². The summed E-state index contributed by atoms with van der Waals surface area (Å²) in [6, 6.07) is 4.22. The van der Waals surface area contributed by atoms with Gasteiger partial charge >= 0.3 is 0 Å². The molecule has 0 N–H and O–H groups in total. The Kier molecular flexibility index (Phi) is 4.56. The van der Waals surface area contributed by atoms with E-state index < -0.39 is 0 Å². The van der Waals surface area contributed by atoms with Gasteiger partial charge in [-0.1, -0.05) is 32.6 Å². The molecule has 2 aliphatic rings. The predicted octanol–water partition coefficient (Wildman–Crippen LogP) is 5.25. The van der Waals surface area contributed by atoms with Crippen LogP contribution < -0.4 is 4.74 Å². The molecule has 2 nitrogen and oxygen atoms in total. The van der Waals surface area contributed by atoms with E-state index in [-0.39, 0.29) is 5.41 Å². The highest BCUT2D eigenvalue weighted by atomic mass is 16.5. The molecule has 0 aliphatic heterocycles. The topological polar surface area (TPSA) is 26.3 Å². The molecule has 1 spiro atoms. The number of fused-ring (bicyclic) bond motifs is 1. The van der Waals surface area contributed by atoms with Gasteiger partial charge < -0.3 is 4.74 Å². The molecule has 0 heterocycles. The molecule has 0 amide bonds. The summed E-state index contributed by atoms with van der Waals surface area (Å²) in [4.78, 5) is 12.6. The fourth-order valence-electron chi connectivity index (χ4n) is 4.18. The largest absolute Gasteiger partial charge is 0.493 e. The molecule has 1 fully saturated rings. The Morgan fingerprint density at radius 2 is 1.91 bits per heavy atom. The zero-order chi connectivity index (χ0) is 15.6. The molecule has 0 radical (unpaired) electrons. The first-order valence-corrected chi connectivity index (χ1v) is 8.93. The van der Waals surface area contributed by atoms with Crippen molar-refractivity contribution in [1.82, 2.24) is 0 Å². The summed E-state index contributed by atoms with van der Waals surface area (Å²) in [5, 5.41) is 0. The van der Waals surface area contributed by atoms with Crippen molar-refractivity contribution >= 4 is 5.78 Å². The summed E-state index contributed by atoms with van der Waals surface area (Å²) in [5.74, 6) is 1.33. The van der Waals surface area contributed by atoms with Gasteiger partial charge in [-0.3, -0.25) is 4.79 Å². The summed E-state index contributed by atoms with van der Waals surface area (Å²) in [6.07, 6.45) is 10.4. The average Bonchev–Trinajstić information content (AvgIpc) is 2.50. The van der Waals surface area contributed by atoms with Crippen molar-refractivity contribution in [1.29, 1.82) is 0 Å². The molecular weight excluding hydrogens is 272 g/mol. The van der Waals surface area contributed by atoms with Crippen molar-refractivity contribution < 1.29 is 9.53 Å². The second-order valence-electron chi connectivity index (χ2n) is 7.31. The van der Waals surface area contributed by atoms with Crippen molar-refractivity contribution in [2.24, 2.45) is 5.41 Å². The Balaban J connectivity index is 1.86. The maximum absolute atomic E-state index is 12.6. The lowest BCUT2D eigenvalue weighted by Gasteiger charge is -2.40. The maximum atomic E-state index is 12.6. The van der Waals surface area contributed by atoms with Gasteiger partial charge in [0.15, 0.2) is 5.78 Å². The zero-order valence-corrected chi connectivity index (χ0v) is 14.0. The number of unbranched alkanes of at least 4 members (excludes halogenated alkanes) is 1. The Hall–Kier alpha value is -1.31. The zero-order valence-electron chi connectivity index (χ0n) is 14.0. The van der Waals surface area contributed by atoms with Crippen molar-refractivity contribution in [2.75, 3.05) is 6.61 Å². The number of ketones is 1. The average molecular weight is 300 g/mol. The standard InChI is InChI=1S/C20H28O2/c1-3-4-10-22-19-12-16-13-20(8-6-5-7-9-20)14-18(21)17(16)11-15(19)2/h11-12H,3-10,13-14H2,1-2H3. The monoisotopic (exact) mass is 300 g/mol. The number of rotatable bonds is 4. The van der Waals surface area contributed by atoms with Crippen LogP contribution in [0.1, 0.15) is 79.8 Å². The number of aryl methyl sites for hydroxylation is 1. The minimum Gasteiger partial charge on any atom is -0.493 e. The lowest BCUT2D eigenvalue weighted by atomic mass is 9.63. The molecule has 0 bridgehead atoms. The van der Waals surface area contributed by atoms with Crippen molar-refractivity contribution in [3.05, 3.63) is 28.8 Å². The van der Waals surface area contributed by atoms with Crippen LogP contribution in [0, 0.1) is 12.3 Å². The highest BCUT2D eigenvalue weighted by molar-refractivity contribution is 5.99. The second-order valence-corrected chi connectivity index (χ2v) is 7.31. The van der Waals surface area contributed by atoms with Gasteiger partial charge in [-0.2, -0.15) is 0 Å². The molecule has 1 aromatic carbocycles. The third kappa shape index (κ3) is 3.06. The van der Waals surface area contributed by atoms with Gasteiger partial charge in [0.1, 0.15) is 5.75 Å². The summed E-state index contributed by atoms with van der Waals surface area (Å²) in [5.41, 5.74) is 3.53. The van der Waals surface area contributed by atoms with Gasteiger partial charge in [-0.15, -0.1) is 0 Å².